The molecule has 0 bridgehead atoms. The van der Waals surface area contributed by atoms with Crippen LogP contribution in [0.25, 0.3) is 0 Å². The van der Waals surface area contributed by atoms with Crippen LogP contribution < -0.4 is 5.32 Å². The lowest BCUT2D eigenvalue weighted by Crippen LogP contribution is -2.07. The Kier molecular flexibility index (Phi) is 4.29. The monoisotopic (exact) mass is 276 g/mol. The van der Waals surface area contributed by atoms with Gasteiger partial charge in [0.1, 0.15) is 5.82 Å². The van der Waals surface area contributed by atoms with Gasteiger partial charge in [-0.05, 0) is 18.6 Å². The molecule has 7 nitrogen and oxygen atoms in total. The van der Waals surface area contributed by atoms with Gasteiger partial charge >= 0.3 is 5.97 Å². The van der Waals surface area contributed by atoms with Crippen LogP contribution in [0.15, 0.2) is 16.7 Å². The van der Waals surface area contributed by atoms with E-state index in [1.807, 2.05) is 6.92 Å². The zero-order chi connectivity index (χ0) is 14.5. The minimum atomic E-state index is -0.969. The van der Waals surface area contributed by atoms with Crippen LogP contribution >= 0.6 is 0 Å². The van der Waals surface area contributed by atoms with Gasteiger partial charge < -0.3 is 14.9 Å². The topological polar surface area (TPSA) is 101 Å². The standard InChI is InChI=1S/C13H16N4O3/c1-3-4-10-5-9(13(18)19)6-11(16-10)14-7-12-15-8(2)20-17-12/h5-6H,3-4,7H2,1-2H3,(H,14,16)(H,18,19). The first-order valence-electron chi connectivity index (χ1n) is 6.35. The molecule has 0 amide bonds. The van der Waals surface area contributed by atoms with E-state index < -0.39 is 5.97 Å². The average molecular weight is 276 g/mol. The first-order chi connectivity index (χ1) is 9.58. The van der Waals surface area contributed by atoms with E-state index in [0.29, 0.717) is 24.1 Å². The van der Waals surface area contributed by atoms with Crippen LogP contribution in [0.1, 0.15) is 41.1 Å². The lowest BCUT2D eigenvalue weighted by Gasteiger charge is -2.07. The van der Waals surface area contributed by atoms with Crippen LogP contribution in [0.2, 0.25) is 0 Å². The molecule has 0 saturated heterocycles. The molecule has 0 saturated carbocycles. The fraction of sp³-hybridized carbons (Fsp3) is 0.385. The molecule has 2 aromatic heterocycles. The highest BCUT2D eigenvalue weighted by molar-refractivity contribution is 5.88. The molecule has 2 N–H and O–H groups in total. The van der Waals surface area contributed by atoms with Gasteiger partial charge in [0, 0.05) is 12.6 Å². The maximum absolute atomic E-state index is 11.1. The van der Waals surface area contributed by atoms with E-state index in [1.165, 1.54) is 6.07 Å². The van der Waals surface area contributed by atoms with E-state index >= 15 is 0 Å². The number of nitrogens with one attached hydrogen (secondary N) is 1. The van der Waals surface area contributed by atoms with Gasteiger partial charge in [0.15, 0.2) is 5.82 Å². The number of carboxylic acid groups (broad SMARTS) is 1. The predicted molar refractivity (Wildman–Crippen MR) is 71.6 cm³/mol. The fourth-order valence-electron chi connectivity index (χ4n) is 1.77. The Morgan fingerprint density at radius 2 is 2.20 bits per heavy atom. The average Bonchev–Trinajstić information content (AvgIpc) is 2.82. The van der Waals surface area contributed by atoms with Crippen LogP contribution in [-0.2, 0) is 13.0 Å². The van der Waals surface area contributed by atoms with Crippen LogP contribution in [0, 0.1) is 6.92 Å². The summed E-state index contributed by atoms with van der Waals surface area (Å²) in [4.78, 5) is 19.5. The summed E-state index contributed by atoms with van der Waals surface area (Å²) < 4.78 is 4.86. The molecule has 2 heterocycles. The summed E-state index contributed by atoms with van der Waals surface area (Å²) >= 11 is 0. The molecule has 0 spiro atoms. The number of aryl methyl sites for hydroxylation is 2. The quantitative estimate of drug-likeness (QED) is 0.832. The first kappa shape index (κ1) is 14.0. The van der Waals surface area contributed by atoms with Crippen molar-refractivity contribution in [3.63, 3.8) is 0 Å². The maximum atomic E-state index is 11.1. The molecule has 0 radical (unpaired) electrons. The van der Waals surface area contributed by atoms with Gasteiger partial charge in [-0.15, -0.1) is 0 Å². The van der Waals surface area contributed by atoms with Gasteiger partial charge in [-0.2, -0.15) is 4.98 Å². The Labute approximate surface area is 116 Å². The second-order valence-corrected chi connectivity index (χ2v) is 4.37. The lowest BCUT2D eigenvalue weighted by molar-refractivity contribution is 0.0696. The molecule has 106 valence electrons. The van der Waals surface area contributed by atoms with Crippen molar-refractivity contribution in [2.24, 2.45) is 0 Å². The minimum Gasteiger partial charge on any atom is -0.478 e. The largest absolute Gasteiger partial charge is 0.478 e. The Bertz CT molecular complexity index is 609. The Morgan fingerprint density at radius 1 is 1.40 bits per heavy atom. The molecule has 0 unspecified atom stereocenters. The SMILES string of the molecule is CCCc1cc(C(=O)O)cc(NCc2noc(C)n2)n1. The van der Waals surface area contributed by atoms with Gasteiger partial charge in [0.05, 0.1) is 12.1 Å². The number of hydrogen-bond acceptors (Lipinski definition) is 6. The minimum absolute atomic E-state index is 0.218. The van der Waals surface area contributed by atoms with Crippen LogP contribution in [0.3, 0.4) is 0 Å². The molecule has 2 aromatic rings. The zero-order valence-corrected chi connectivity index (χ0v) is 11.4. The first-order valence-corrected chi connectivity index (χ1v) is 6.35. The van der Waals surface area contributed by atoms with Crippen molar-refractivity contribution < 1.29 is 14.4 Å². The van der Waals surface area contributed by atoms with Gasteiger partial charge in [-0.1, -0.05) is 18.5 Å². The van der Waals surface area contributed by atoms with E-state index in [2.05, 4.69) is 20.4 Å². The summed E-state index contributed by atoms with van der Waals surface area (Å²) in [5.41, 5.74) is 0.967. The number of aromatic nitrogens is 3. The number of pyridine rings is 1. The number of aromatic carboxylic acids is 1. The highest BCUT2D eigenvalue weighted by atomic mass is 16.5. The number of nitrogens with zero attached hydrogens (tertiary/aromatic N) is 3. The van der Waals surface area contributed by atoms with Gasteiger partial charge in [-0.3, -0.25) is 0 Å². The van der Waals surface area contributed by atoms with Crippen molar-refractivity contribution in [1.82, 2.24) is 15.1 Å². The van der Waals surface area contributed by atoms with E-state index in [4.69, 9.17) is 9.63 Å². The number of anilines is 1. The Morgan fingerprint density at radius 3 is 2.80 bits per heavy atom. The summed E-state index contributed by atoms with van der Waals surface area (Å²) in [6.45, 7) is 4.06. The molecule has 0 aliphatic rings. The van der Waals surface area contributed by atoms with E-state index in [-0.39, 0.29) is 5.56 Å². The molecule has 0 fully saturated rings. The summed E-state index contributed by atoms with van der Waals surface area (Å²) in [5, 5.41) is 15.9. The molecule has 0 atom stereocenters. The van der Waals surface area contributed by atoms with Gasteiger partial charge in [0.25, 0.3) is 0 Å². The smallest absolute Gasteiger partial charge is 0.335 e. The molecule has 7 heteroatoms. The number of carbonyl (C=O) groups is 1. The molecule has 0 aliphatic carbocycles. The van der Waals surface area contributed by atoms with Crippen molar-refractivity contribution in [1.29, 1.82) is 0 Å². The number of rotatable bonds is 6. The second kappa shape index (κ2) is 6.14. The van der Waals surface area contributed by atoms with E-state index in [1.54, 1.807) is 13.0 Å². The normalized spacial score (nSPS) is 10.5. The zero-order valence-electron chi connectivity index (χ0n) is 11.4. The van der Waals surface area contributed by atoms with E-state index in [0.717, 1.165) is 18.5 Å². The third kappa shape index (κ3) is 3.53. The summed E-state index contributed by atoms with van der Waals surface area (Å²) in [6.07, 6.45) is 1.64. The predicted octanol–water partition coefficient (Wildman–Crippen LogP) is 2.04. The second-order valence-electron chi connectivity index (χ2n) is 4.37. The van der Waals surface area contributed by atoms with E-state index in [9.17, 15) is 4.79 Å². The molecule has 0 aromatic carbocycles. The Balaban J connectivity index is 2.15. The van der Waals surface area contributed by atoms with Crippen molar-refractivity contribution in [3.8, 4) is 0 Å². The summed E-state index contributed by atoms with van der Waals surface area (Å²) in [5.74, 6) is 0.516. The number of hydrogen-bond donors (Lipinski definition) is 2. The van der Waals surface area contributed by atoms with Crippen molar-refractivity contribution in [2.75, 3.05) is 5.32 Å². The highest BCUT2D eigenvalue weighted by Gasteiger charge is 2.09. The van der Waals surface area contributed by atoms with Crippen LogP contribution in [0.5, 0.6) is 0 Å². The van der Waals surface area contributed by atoms with Crippen molar-refractivity contribution in [2.45, 2.75) is 33.2 Å². The van der Waals surface area contributed by atoms with Crippen molar-refractivity contribution in [3.05, 3.63) is 35.1 Å². The maximum Gasteiger partial charge on any atom is 0.335 e. The van der Waals surface area contributed by atoms with Crippen LogP contribution in [0.4, 0.5) is 5.82 Å². The molecular formula is C13H16N4O3. The summed E-state index contributed by atoms with van der Waals surface area (Å²) in [6, 6.07) is 3.09. The van der Waals surface area contributed by atoms with Crippen LogP contribution in [-0.4, -0.2) is 26.2 Å². The fourth-order valence-corrected chi connectivity index (χ4v) is 1.77. The third-order valence-electron chi connectivity index (χ3n) is 2.63. The number of carboxylic acids is 1. The molecular weight excluding hydrogens is 260 g/mol. The molecule has 2 rings (SSSR count). The molecule has 0 aliphatic heterocycles. The lowest BCUT2D eigenvalue weighted by atomic mass is 10.1. The van der Waals surface area contributed by atoms with Crippen molar-refractivity contribution >= 4 is 11.8 Å². The Hall–Kier alpha value is -2.44. The molecule has 20 heavy (non-hydrogen) atoms. The van der Waals surface area contributed by atoms with Gasteiger partial charge in [-0.25, -0.2) is 9.78 Å². The summed E-state index contributed by atoms with van der Waals surface area (Å²) in [7, 11) is 0. The van der Waals surface area contributed by atoms with Gasteiger partial charge in [0.2, 0.25) is 5.89 Å². The third-order valence-corrected chi connectivity index (χ3v) is 2.63. The highest BCUT2D eigenvalue weighted by Crippen LogP contribution is 2.13.